The highest BCUT2D eigenvalue weighted by Crippen LogP contribution is 2.17. The maximum Gasteiger partial charge on any atom is 0.220 e. The fourth-order valence-corrected chi connectivity index (χ4v) is 2.90. The lowest BCUT2D eigenvalue weighted by atomic mass is 10.1. The highest BCUT2D eigenvalue weighted by atomic mass is 79.9. The average Bonchev–Trinajstić information content (AvgIpc) is 2.61. The van der Waals surface area contributed by atoms with Crippen LogP contribution in [-0.4, -0.2) is 19.1 Å². The molecule has 0 saturated heterocycles. The molecule has 3 nitrogen and oxygen atoms in total. The number of halogens is 1. The molecule has 0 spiro atoms. The van der Waals surface area contributed by atoms with Gasteiger partial charge in [-0.3, -0.25) is 4.79 Å². The summed E-state index contributed by atoms with van der Waals surface area (Å²) in [6.07, 6.45) is 2.15. The quantitative estimate of drug-likeness (QED) is 0.632. The molecule has 1 amide bonds. The average molecular weight is 390 g/mol. The second kappa shape index (κ2) is 10.3. The van der Waals surface area contributed by atoms with Crippen LogP contribution in [0.25, 0.3) is 0 Å². The zero-order valence-electron chi connectivity index (χ0n) is 14.0. The van der Waals surface area contributed by atoms with Crippen LogP contribution in [0.5, 0.6) is 0 Å². The van der Waals surface area contributed by atoms with Crippen LogP contribution < -0.4 is 5.32 Å². The third-order valence-corrected chi connectivity index (χ3v) is 4.63. The lowest BCUT2D eigenvalue weighted by Gasteiger charge is -2.13. The van der Waals surface area contributed by atoms with Crippen LogP contribution in [0.4, 0.5) is 0 Å². The molecule has 1 atom stereocenters. The van der Waals surface area contributed by atoms with Crippen molar-refractivity contribution >= 4 is 21.8 Å². The predicted molar refractivity (Wildman–Crippen MR) is 101 cm³/mol. The van der Waals surface area contributed by atoms with Crippen LogP contribution in [0.1, 0.15) is 37.0 Å². The van der Waals surface area contributed by atoms with Gasteiger partial charge in [-0.15, -0.1) is 0 Å². The molecule has 0 aromatic heterocycles. The number of rotatable bonds is 9. The van der Waals surface area contributed by atoms with Crippen LogP contribution >= 0.6 is 15.9 Å². The smallest absolute Gasteiger partial charge is 0.220 e. The number of ether oxygens (including phenoxy) is 1. The summed E-state index contributed by atoms with van der Waals surface area (Å²) in [6, 6.07) is 18.2. The van der Waals surface area contributed by atoms with Gasteiger partial charge in [0.2, 0.25) is 5.91 Å². The van der Waals surface area contributed by atoms with Crippen molar-refractivity contribution < 1.29 is 9.53 Å². The van der Waals surface area contributed by atoms with Gasteiger partial charge in [-0.25, -0.2) is 0 Å². The monoisotopic (exact) mass is 389 g/mol. The molecule has 1 unspecified atom stereocenters. The summed E-state index contributed by atoms with van der Waals surface area (Å²) < 4.78 is 6.85. The molecule has 4 heteroatoms. The topological polar surface area (TPSA) is 38.3 Å². The number of nitrogens with one attached hydrogen (secondary N) is 1. The van der Waals surface area contributed by atoms with Gasteiger partial charge in [-0.05, 0) is 37.0 Å². The van der Waals surface area contributed by atoms with E-state index in [1.807, 2.05) is 49.4 Å². The lowest BCUT2D eigenvalue weighted by Crippen LogP contribution is -2.25. The molecule has 0 radical (unpaired) electrons. The maximum atomic E-state index is 11.9. The first kappa shape index (κ1) is 18.7. The van der Waals surface area contributed by atoms with E-state index in [0.717, 1.165) is 22.9 Å². The fourth-order valence-electron chi connectivity index (χ4n) is 2.42. The SMILES string of the molecule is CC(OCCCNC(=O)CCc1ccccc1Br)c1ccccc1. The lowest BCUT2D eigenvalue weighted by molar-refractivity contribution is -0.121. The van der Waals surface area contributed by atoms with Crippen LogP contribution in [0.15, 0.2) is 59.1 Å². The van der Waals surface area contributed by atoms with E-state index < -0.39 is 0 Å². The van der Waals surface area contributed by atoms with E-state index in [-0.39, 0.29) is 12.0 Å². The van der Waals surface area contributed by atoms with Crippen molar-refractivity contribution in [3.63, 3.8) is 0 Å². The van der Waals surface area contributed by atoms with E-state index in [9.17, 15) is 4.79 Å². The van der Waals surface area contributed by atoms with E-state index >= 15 is 0 Å². The number of aryl methyl sites for hydroxylation is 1. The molecule has 0 fully saturated rings. The second-order valence-electron chi connectivity index (χ2n) is 5.72. The molecule has 2 aromatic rings. The van der Waals surface area contributed by atoms with Gasteiger partial charge in [0.1, 0.15) is 0 Å². The summed E-state index contributed by atoms with van der Waals surface area (Å²) in [4.78, 5) is 11.9. The van der Waals surface area contributed by atoms with E-state index in [4.69, 9.17) is 4.74 Å². The number of carbonyl (C=O) groups excluding carboxylic acids is 1. The molecule has 0 aliphatic carbocycles. The van der Waals surface area contributed by atoms with E-state index in [2.05, 4.69) is 33.4 Å². The molecule has 0 saturated carbocycles. The van der Waals surface area contributed by atoms with Crippen LogP contribution in [0.3, 0.4) is 0 Å². The number of benzene rings is 2. The van der Waals surface area contributed by atoms with Gasteiger partial charge in [0, 0.05) is 24.0 Å². The van der Waals surface area contributed by atoms with E-state index in [1.165, 1.54) is 5.56 Å². The summed E-state index contributed by atoms with van der Waals surface area (Å²) in [7, 11) is 0. The molecule has 24 heavy (non-hydrogen) atoms. The Morgan fingerprint density at radius 1 is 1.12 bits per heavy atom. The molecule has 1 N–H and O–H groups in total. The molecule has 0 aliphatic rings. The Balaban J connectivity index is 1.57. The Bertz CT molecular complexity index is 631. The highest BCUT2D eigenvalue weighted by molar-refractivity contribution is 9.10. The largest absolute Gasteiger partial charge is 0.374 e. The first-order chi connectivity index (χ1) is 11.7. The van der Waals surface area contributed by atoms with Crippen molar-refractivity contribution in [3.05, 3.63) is 70.2 Å². The zero-order chi connectivity index (χ0) is 17.2. The third kappa shape index (κ3) is 6.46. The molecule has 128 valence electrons. The van der Waals surface area contributed by atoms with Gasteiger partial charge in [-0.2, -0.15) is 0 Å². The Labute approximate surface area is 152 Å². The van der Waals surface area contributed by atoms with Crippen molar-refractivity contribution in [2.24, 2.45) is 0 Å². The Kier molecular flexibility index (Phi) is 7.99. The summed E-state index contributed by atoms with van der Waals surface area (Å²) >= 11 is 3.50. The molecular formula is C20H24BrNO2. The van der Waals surface area contributed by atoms with Crippen LogP contribution in [-0.2, 0) is 16.0 Å². The predicted octanol–water partition coefficient (Wildman–Crippen LogP) is 4.67. The first-order valence-electron chi connectivity index (χ1n) is 8.33. The summed E-state index contributed by atoms with van der Waals surface area (Å²) in [5, 5.41) is 2.95. The van der Waals surface area contributed by atoms with Gasteiger partial charge < -0.3 is 10.1 Å². The zero-order valence-corrected chi connectivity index (χ0v) is 15.6. The van der Waals surface area contributed by atoms with Gasteiger partial charge in [-0.1, -0.05) is 64.5 Å². The summed E-state index contributed by atoms with van der Waals surface area (Å²) in [6.45, 7) is 3.34. The number of carbonyl (C=O) groups is 1. The van der Waals surface area contributed by atoms with E-state index in [0.29, 0.717) is 19.6 Å². The minimum Gasteiger partial charge on any atom is -0.374 e. The van der Waals surface area contributed by atoms with Crippen molar-refractivity contribution in [3.8, 4) is 0 Å². The van der Waals surface area contributed by atoms with E-state index in [1.54, 1.807) is 0 Å². The number of amides is 1. The van der Waals surface area contributed by atoms with Gasteiger partial charge in [0.15, 0.2) is 0 Å². The Morgan fingerprint density at radius 2 is 1.83 bits per heavy atom. The molecular weight excluding hydrogens is 366 g/mol. The maximum absolute atomic E-state index is 11.9. The van der Waals surface area contributed by atoms with Gasteiger partial charge in [0.25, 0.3) is 0 Å². The molecule has 0 heterocycles. The van der Waals surface area contributed by atoms with Crippen molar-refractivity contribution in [1.29, 1.82) is 0 Å². The number of hydrogen-bond donors (Lipinski definition) is 1. The highest BCUT2D eigenvalue weighted by Gasteiger charge is 2.06. The summed E-state index contributed by atoms with van der Waals surface area (Å²) in [5.74, 6) is 0.0851. The standard InChI is InChI=1S/C20H24BrNO2/c1-16(17-8-3-2-4-9-17)24-15-7-14-22-20(23)13-12-18-10-5-6-11-19(18)21/h2-6,8-11,16H,7,12-15H2,1H3,(H,22,23). The van der Waals surface area contributed by atoms with Crippen LogP contribution in [0.2, 0.25) is 0 Å². The van der Waals surface area contributed by atoms with Crippen molar-refractivity contribution in [2.45, 2.75) is 32.3 Å². The minimum absolute atomic E-state index is 0.0809. The van der Waals surface area contributed by atoms with Gasteiger partial charge in [0.05, 0.1) is 6.10 Å². The molecule has 2 rings (SSSR count). The normalized spacial score (nSPS) is 11.9. The van der Waals surface area contributed by atoms with Crippen LogP contribution in [0, 0.1) is 0 Å². The first-order valence-corrected chi connectivity index (χ1v) is 9.13. The second-order valence-corrected chi connectivity index (χ2v) is 6.57. The third-order valence-electron chi connectivity index (χ3n) is 3.86. The van der Waals surface area contributed by atoms with Crippen molar-refractivity contribution in [1.82, 2.24) is 5.32 Å². The molecule has 2 aromatic carbocycles. The Hall–Kier alpha value is -1.65. The minimum atomic E-state index is 0.0809. The molecule has 0 bridgehead atoms. The number of hydrogen-bond acceptors (Lipinski definition) is 2. The van der Waals surface area contributed by atoms with Gasteiger partial charge >= 0.3 is 0 Å². The van der Waals surface area contributed by atoms with Crippen molar-refractivity contribution in [2.75, 3.05) is 13.2 Å². The Morgan fingerprint density at radius 3 is 2.58 bits per heavy atom. The molecule has 0 aliphatic heterocycles. The summed E-state index contributed by atoms with van der Waals surface area (Å²) in [5.41, 5.74) is 2.34. The fraction of sp³-hybridized carbons (Fsp3) is 0.350.